The Morgan fingerprint density at radius 3 is 1.95 bits per heavy atom. The Bertz CT molecular complexity index is 1980. The third kappa shape index (κ3) is 7.06. The highest BCUT2D eigenvalue weighted by atomic mass is 32.2. The largest absolute Gasteiger partial charge is 0.506 e. The topological polar surface area (TPSA) is 179 Å². The molecule has 0 spiro atoms. The number of carbonyl (C=O) groups is 1. The first-order chi connectivity index (χ1) is 19.0. The second kappa shape index (κ2) is 10.9. The van der Waals surface area contributed by atoms with Crippen molar-refractivity contribution in [1.82, 2.24) is 0 Å². The Morgan fingerprint density at radius 1 is 0.707 bits per heavy atom. The van der Waals surface area contributed by atoms with Gasteiger partial charge in [-0.25, -0.2) is 25.3 Å². The molecule has 4 aromatic carbocycles. The number of amides is 1. The van der Waals surface area contributed by atoms with Gasteiger partial charge >= 0.3 is 0 Å². The molecule has 4 rings (SSSR count). The number of benzene rings is 4. The van der Waals surface area contributed by atoms with Gasteiger partial charge in [-0.2, -0.15) is 0 Å². The number of nitrogens with zero attached hydrogens (tertiary/aromatic N) is 1. The minimum atomic E-state index is -4.17. The molecule has 0 aliphatic heterocycles. The standard InChI is InChI=1S/C26H26N4O8S3/c1-30(19-12-10-17(11-13-19)27-39(2,33)34)26(32)23-15-14-21-22(25(23)31)8-5-9-24(21)29-41(37,38)20-7-4-6-18(16-20)28-40(3,35)36/h4-16,27-29,31H,1-3H3. The molecule has 15 heteroatoms. The summed E-state index contributed by atoms with van der Waals surface area (Å²) < 4.78 is 79.2. The number of aromatic hydroxyl groups is 1. The van der Waals surface area contributed by atoms with E-state index in [0.717, 1.165) is 12.5 Å². The van der Waals surface area contributed by atoms with Crippen molar-refractivity contribution in [2.45, 2.75) is 4.90 Å². The Hall–Kier alpha value is -4.34. The van der Waals surface area contributed by atoms with E-state index in [4.69, 9.17) is 0 Å². The lowest BCUT2D eigenvalue weighted by Crippen LogP contribution is -2.26. The van der Waals surface area contributed by atoms with Gasteiger partial charge in [0.2, 0.25) is 20.0 Å². The summed E-state index contributed by atoms with van der Waals surface area (Å²) in [5.74, 6) is -0.926. The van der Waals surface area contributed by atoms with Crippen molar-refractivity contribution in [1.29, 1.82) is 0 Å². The minimum Gasteiger partial charge on any atom is -0.506 e. The first kappa shape index (κ1) is 29.6. The van der Waals surface area contributed by atoms with Crippen LogP contribution in [-0.4, -0.2) is 55.8 Å². The van der Waals surface area contributed by atoms with Crippen molar-refractivity contribution in [3.8, 4) is 5.75 Å². The van der Waals surface area contributed by atoms with Crippen LogP contribution in [0.1, 0.15) is 10.4 Å². The van der Waals surface area contributed by atoms with Crippen LogP contribution in [0.4, 0.5) is 22.7 Å². The van der Waals surface area contributed by atoms with Crippen LogP contribution in [0.2, 0.25) is 0 Å². The molecule has 0 aliphatic carbocycles. The maximum atomic E-state index is 13.2. The van der Waals surface area contributed by atoms with Crippen molar-refractivity contribution in [2.24, 2.45) is 0 Å². The van der Waals surface area contributed by atoms with E-state index in [1.54, 1.807) is 0 Å². The number of phenols is 1. The van der Waals surface area contributed by atoms with Crippen molar-refractivity contribution in [3.05, 3.63) is 84.4 Å². The molecule has 1 amide bonds. The molecule has 0 fully saturated rings. The normalized spacial score (nSPS) is 12.1. The van der Waals surface area contributed by atoms with E-state index in [2.05, 4.69) is 14.2 Å². The average Bonchev–Trinajstić information content (AvgIpc) is 2.87. The summed E-state index contributed by atoms with van der Waals surface area (Å²) in [6.45, 7) is 0. The third-order valence-electron chi connectivity index (χ3n) is 5.82. The molecule has 0 unspecified atom stereocenters. The molecule has 216 valence electrons. The van der Waals surface area contributed by atoms with E-state index < -0.39 is 36.0 Å². The summed E-state index contributed by atoms with van der Waals surface area (Å²) in [5, 5.41) is 11.5. The highest BCUT2D eigenvalue weighted by Crippen LogP contribution is 2.35. The minimum absolute atomic E-state index is 0.0436. The van der Waals surface area contributed by atoms with Gasteiger partial charge in [-0.3, -0.25) is 19.0 Å². The zero-order chi connectivity index (χ0) is 30.2. The van der Waals surface area contributed by atoms with Gasteiger partial charge in [-0.05, 0) is 54.6 Å². The molecule has 41 heavy (non-hydrogen) atoms. The highest BCUT2D eigenvalue weighted by molar-refractivity contribution is 7.93. The predicted molar refractivity (Wildman–Crippen MR) is 159 cm³/mol. The lowest BCUT2D eigenvalue weighted by Gasteiger charge is -2.19. The number of fused-ring (bicyclic) bond motifs is 1. The molecule has 4 aromatic rings. The molecular formula is C26H26N4O8S3. The van der Waals surface area contributed by atoms with Crippen LogP contribution in [0, 0.1) is 0 Å². The van der Waals surface area contributed by atoms with Gasteiger partial charge in [0.1, 0.15) is 5.75 Å². The second-order valence-electron chi connectivity index (χ2n) is 9.16. The van der Waals surface area contributed by atoms with Crippen molar-refractivity contribution >= 4 is 69.5 Å². The predicted octanol–water partition coefficient (Wildman–Crippen LogP) is 3.37. The number of phenolic OH excluding ortho intramolecular Hbond substituents is 1. The Kier molecular flexibility index (Phi) is 7.89. The smallest absolute Gasteiger partial charge is 0.261 e. The summed E-state index contributed by atoms with van der Waals surface area (Å²) in [6.07, 6.45) is 1.97. The zero-order valence-electron chi connectivity index (χ0n) is 22.0. The van der Waals surface area contributed by atoms with Crippen LogP contribution in [0.25, 0.3) is 10.8 Å². The fraction of sp³-hybridized carbons (Fsp3) is 0.115. The Labute approximate surface area is 237 Å². The molecule has 12 nitrogen and oxygen atoms in total. The van der Waals surface area contributed by atoms with E-state index in [1.807, 2.05) is 0 Å². The van der Waals surface area contributed by atoms with Crippen LogP contribution in [0.5, 0.6) is 5.75 Å². The molecule has 0 saturated carbocycles. The number of rotatable bonds is 9. The van der Waals surface area contributed by atoms with Crippen molar-refractivity contribution in [3.63, 3.8) is 0 Å². The SMILES string of the molecule is CN(C(=O)c1ccc2c(NS(=O)(=O)c3cccc(NS(C)(=O)=O)c3)cccc2c1O)c1ccc(NS(C)(=O)=O)cc1. The van der Waals surface area contributed by atoms with Crippen LogP contribution in [-0.2, 0) is 30.1 Å². The summed E-state index contributed by atoms with van der Waals surface area (Å²) in [5.41, 5.74) is 0.902. The van der Waals surface area contributed by atoms with E-state index >= 15 is 0 Å². The molecule has 0 heterocycles. The Morgan fingerprint density at radius 2 is 1.32 bits per heavy atom. The third-order valence-corrected chi connectivity index (χ3v) is 8.39. The highest BCUT2D eigenvalue weighted by Gasteiger charge is 2.22. The van der Waals surface area contributed by atoms with Crippen LogP contribution >= 0.6 is 0 Å². The first-order valence-electron chi connectivity index (χ1n) is 11.8. The van der Waals surface area contributed by atoms with Gasteiger partial charge in [0.25, 0.3) is 15.9 Å². The average molecular weight is 619 g/mol. The molecular weight excluding hydrogens is 593 g/mol. The van der Waals surface area contributed by atoms with Crippen molar-refractivity contribution < 1.29 is 35.2 Å². The summed E-state index contributed by atoms with van der Waals surface area (Å²) in [4.78, 5) is 14.3. The second-order valence-corrected chi connectivity index (χ2v) is 14.3. The molecule has 0 atom stereocenters. The number of hydrogen-bond donors (Lipinski definition) is 4. The lowest BCUT2D eigenvalue weighted by atomic mass is 10.0. The molecule has 0 aromatic heterocycles. The first-order valence-corrected chi connectivity index (χ1v) is 17.0. The maximum Gasteiger partial charge on any atom is 0.261 e. The van der Waals surface area contributed by atoms with Gasteiger partial charge in [0.15, 0.2) is 0 Å². The number of nitrogens with one attached hydrogen (secondary N) is 3. The van der Waals surface area contributed by atoms with Crippen LogP contribution in [0.3, 0.4) is 0 Å². The molecule has 4 N–H and O–H groups in total. The fourth-order valence-corrected chi connectivity index (χ4v) is 6.26. The quantitative estimate of drug-likeness (QED) is 0.220. The van der Waals surface area contributed by atoms with Crippen LogP contribution < -0.4 is 19.1 Å². The summed E-state index contributed by atoms with van der Waals surface area (Å²) in [7, 11) is -9.77. The Balaban J connectivity index is 1.63. The zero-order valence-corrected chi connectivity index (χ0v) is 24.4. The number of carbonyl (C=O) groups excluding carboxylic acids is 1. The van der Waals surface area contributed by atoms with Gasteiger partial charge in [-0.1, -0.05) is 24.3 Å². The van der Waals surface area contributed by atoms with Crippen molar-refractivity contribution in [2.75, 3.05) is 38.6 Å². The van der Waals surface area contributed by atoms with Crippen LogP contribution in [0.15, 0.2) is 83.8 Å². The monoisotopic (exact) mass is 618 g/mol. The van der Waals surface area contributed by atoms with E-state index in [1.165, 1.54) is 90.8 Å². The summed E-state index contributed by atoms with van der Waals surface area (Å²) >= 11 is 0. The van der Waals surface area contributed by atoms with E-state index in [0.29, 0.717) is 16.8 Å². The molecule has 0 bridgehead atoms. The van der Waals surface area contributed by atoms with E-state index in [-0.39, 0.29) is 33.0 Å². The maximum absolute atomic E-state index is 13.2. The molecule has 0 aliphatic rings. The number of sulfonamides is 3. The number of hydrogen-bond acceptors (Lipinski definition) is 8. The van der Waals surface area contributed by atoms with Gasteiger partial charge in [-0.15, -0.1) is 0 Å². The van der Waals surface area contributed by atoms with Gasteiger partial charge < -0.3 is 10.0 Å². The lowest BCUT2D eigenvalue weighted by molar-refractivity contribution is 0.0990. The fourth-order valence-electron chi connectivity index (χ4n) is 4.01. The van der Waals surface area contributed by atoms with E-state index in [9.17, 15) is 35.2 Å². The number of anilines is 4. The molecule has 0 radical (unpaired) electrons. The molecule has 0 saturated heterocycles. The van der Waals surface area contributed by atoms with Gasteiger partial charge in [0, 0.05) is 34.9 Å². The van der Waals surface area contributed by atoms with Gasteiger partial charge in [0.05, 0.1) is 28.7 Å². The summed E-state index contributed by atoms with van der Waals surface area (Å²) in [6, 6.07) is 18.7.